The number of nitrogens with zero attached hydrogens (tertiary/aromatic N) is 2. The number of ether oxygens (including phenoxy) is 2. The third-order valence-corrected chi connectivity index (χ3v) is 6.72. The lowest BCUT2D eigenvalue weighted by atomic mass is 9.85. The van der Waals surface area contributed by atoms with Gasteiger partial charge >= 0.3 is 0 Å². The fourth-order valence-electron chi connectivity index (χ4n) is 5.37. The van der Waals surface area contributed by atoms with Crippen molar-refractivity contribution in [2.24, 2.45) is 23.7 Å². The van der Waals surface area contributed by atoms with Crippen LogP contribution < -0.4 is 0 Å². The number of carbonyl (C=O) groups excluding carboxylic acids is 4. The van der Waals surface area contributed by atoms with Crippen LogP contribution in [0.1, 0.15) is 0 Å². The maximum atomic E-state index is 12.5. The van der Waals surface area contributed by atoms with E-state index in [1.165, 1.54) is 0 Å². The van der Waals surface area contributed by atoms with Crippen molar-refractivity contribution in [3.63, 3.8) is 0 Å². The van der Waals surface area contributed by atoms with Gasteiger partial charge in [0.2, 0.25) is 23.6 Å². The Morgan fingerprint density at radius 2 is 0.900 bits per heavy atom. The van der Waals surface area contributed by atoms with Crippen LogP contribution in [0.3, 0.4) is 0 Å². The second-order valence-electron chi connectivity index (χ2n) is 8.13. The highest BCUT2D eigenvalue weighted by Gasteiger charge is 2.61. The molecular weight excluding hydrogens is 388 g/mol. The number of rotatable bonds is 2. The van der Waals surface area contributed by atoms with Gasteiger partial charge in [-0.1, -0.05) is 36.1 Å². The van der Waals surface area contributed by atoms with Crippen molar-refractivity contribution in [3.05, 3.63) is 24.3 Å². The SMILES string of the molecule is O=C1C2C3C=CC(O3)C2C(=O)N1CC#CC#CCN1C(=O)C2C3C=CC(O3)C2C1=O. The van der Waals surface area contributed by atoms with Crippen molar-refractivity contribution in [2.75, 3.05) is 13.1 Å². The minimum Gasteiger partial charge on any atom is -0.365 e. The summed E-state index contributed by atoms with van der Waals surface area (Å²) in [7, 11) is 0. The van der Waals surface area contributed by atoms with E-state index in [2.05, 4.69) is 23.7 Å². The number of fused-ring (bicyclic) bond motifs is 10. The molecule has 150 valence electrons. The van der Waals surface area contributed by atoms with Gasteiger partial charge in [0.05, 0.1) is 61.2 Å². The monoisotopic (exact) mass is 404 g/mol. The Morgan fingerprint density at radius 3 is 1.20 bits per heavy atom. The van der Waals surface area contributed by atoms with E-state index in [-0.39, 0.29) is 61.1 Å². The van der Waals surface area contributed by atoms with E-state index < -0.39 is 23.7 Å². The predicted octanol–water partition coefficient (Wildman–Crippen LogP) is -1.13. The van der Waals surface area contributed by atoms with E-state index in [4.69, 9.17) is 9.47 Å². The summed E-state index contributed by atoms with van der Waals surface area (Å²) in [6.45, 7) is -0.0617. The Bertz CT molecular complexity index is 938. The summed E-state index contributed by atoms with van der Waals surface area (Å²) in [6.07, 6.45) is 6.06. The molecule has 0 spiro atoms. The van der Waals surface area contributed by atoms with Crippen molar-refractivity contribution < 1.29 is 28.7 Å². The zero-order valence-corrected chi connectivity index (χ0v) is 15.7. The molecular formula is C22H16N2O6. The fraction of sp³-hybridized carbons (Fsp3) is 0.455. The minimum absolute atomic E-state index is 0.0309. The number of imide groups is 2. The molecule has 0 aliphatic carbocycles. The Labute approximate surface area is 171 Å². The number of likely N-dealkylation sites (tertiary alicyclic amines) is 2. The van der Waals surface area contributed by atoms with Crippen LogP contribution in [0, 0.1) is 47.4 Å². The van der Waals surface area contributed by atoms with Crippen LogP contribution in [0.15, 0.2) is 24.3 Å². The van der Waals surface area contributed by atoms with Gasteiger partial charge in [-0.2, -0.15) is 0 Å². The van der Waals surface area contributed by atoms with Crippen LogP contribution in [0.25, 0.3) is 0 Å². The van der Waals surface area contributed by atoms with Gasteiger partial charge in [-0.15, -0.1) is 0 Å². The number of hydrogen-bond donors (Lipinski definition) is 0. The summed E-state index contributed by atoms with van der Waals surface area (Å²) in [5, 5.41) is 0. The number of amides is 4. The molecule has 6 aliphatic heterocycles. The highest BCUT2D eigenvalue weighted by molar-refractivity contribution is 6.07. The molecule has 8 nitrogen and oxygen atoms in total. The lowest BCUT2D eigenvalue weighted by Crippen LogP contribution is -2.34. The Hall–Kier alpha value is -3.20. The van der Waals surface area contributed by atoms with Crippen molar-refractivity contribution in [1.29, 1.82) is 0 Å². The Kier molecular flexibility index (Phi) is 3.62. The molecule has 30 heavy (non-hydrogen) atoms. The molecule has 0 aromatic carbocycles. The van der Waals surface area contributed by atoms with E-state index >= 15 is 0 Å². The van der Waals surface area contributed by atoms with Gasteiger partial charge in [0.25, 0.3) is 0 Å². The molecule has 6 rings (SSSR count). The molecule has 0 radical (unpaired) electrons. The fourth-order valence-corrected chi connectivity index (χ4v) is 5.37. The second-order valence-corrected chi connectivity index (χ2v) is 8.13. The smallest absolute Gasteiger partial charge is 0.237 e. The van der Waals surface area contributed by atoms with Gasteiger partial charge in [-0.25, -0.2) is 0 Å². The highest BCUT2D eigenvalue weighted by Crippen LogP contribution is 2.45. The normalized spacial score (nSPS) is 41.3. The van der Waals surface area contributed by atoms with Gasteiger partial charge in [0, 0.05) is 0 Å². The molecule has 6 aliphatic rings. The van der Waals surface area contributed by atoms with Crippen LogP contribution in [-0.2, 0) is 28.7 Å². The summed E-state index contributed by atoms with van der Waals surface area (Å²) in [4.78, 5) is 52.3. The van der Waals surface area contributed by atoms with Crippen LogP contribution in [0.2, 0.25) is 0 Å². The van der Waals surface area contributed by atoms with Crippen LogP contribution in [0.4, 0.5) is 0 Å². The first-order valence-electron chi connectivity index (χ1n) is 9.90. The summed E-state index contributed by atoms with van der Waals surface area (Å²) in [5.74, 6) is 7.85. The molecule has 4 bridgehead atoms. The topological polar surface area (TPSA) is 93.2 Å². The first-order valence-corrected chi connectivity index (χ1v) is 9.90. The summed E-state index contributed by atoms with van der Waals surface area (Å²) in [5.41, 5.74) is 0. The van der Waals surface area contributed by atoms with E-state index in [0.29, 0.717) is 0 Å². The minimum atomic E-state index is -0.444. The largest absolute Gasteiger partial charge is 0.365 e. The van der Waals surface area contributed by atoms with Crippen LogP contribution in [-0.4, -0.2) is 70.9 Å². The quantitative estimate of drug-likeness (QED) is 0.329. The summed E-state index contributed by atoms with van der Waals surface area (Å²) < 4.78 is 11.2. The van der Waals surface area contributed by atoms with Crippen LogP contribution >= 0.6 is 0 Å². The van der Waals surface area contributed by atoms with Gasteiger partial charge in [-0.3, -0.25) is 29.0 Å². The zero-order chi connectivity index (χ0) is 20.6. The van der Waals surface area contributed by atoms with E-state index in [9.17, 15) is 19.2 Å². The standard InChI is InChI=1S/C22H16N2O6/c25-19-15-11-5-6-12(29-11)16(15)20(26)23(19)9-3-1-2-4-10-24-21(27)17-13-7-8-14(30-13)18(17)22(24)28/h5-8,11-18H,9-10H2. The maximum Gasteiger partial charge on any atom is 0.237 e. The van der Waals surface area contributed by atoms with E-state index in [0.717, 1.165) is 9.80 Å². The molecule has 8 unspecified atom stereocenters. The zero-order valence-electron chi connectivity index (χ0n) is 15.7. The first kappa shape index (κ1) is 17.6. The average molecular weight is 404 g/mol. The molecule has 0 aromatic heterocycles. The van der Waals surface area contributed by atoms with Crippen molar-refractivity contribution in [2.45, 2.75) is 24.4 Å². The summed E-state index contributed by atoms with van der Waals surface area (Å²) in [6, 6.07) is 0. The molecule has 0 N–H and O–H groups in total. The van der Waals surface area contributed by atoms with E-state index in [1.54, 1.807) is 0 Å². The Balaban J connectivity index is 1.07. The maximum absolute atomic E-state index is 12.5. The lowest BCUT2D eigenvalue weighted by molar-refractivity contribution is -0.143. The van der Waals surface area contributed by atoms with Gasteiger partial charge in [0.15, 0.2) is 0 Å². The average Bonchev–Trinajstić information content (AvgIpc) is 3.56. The molecule has 0 saturated carbocycles. The first-order chi connectivity index (χ1) is 14.6. The molecule has 4 fully saturated rings. The van der Waals surface area contributed by atoms with Crippen LogP contribution in [0.5, 0.6) is 0 Å². The third kappa shape index (κ3) is 2.21. The van der Waals surface area contributed by atoms with Gasteiger partial charge in [0.1, 0.15) is 0 Å². The highest BCUT2D eigenvalue weighted by atomic mass is 16.5. The molecule has 6 heterocycles. The molecule has 8 heteroatoms. The molecule has 0 aromatic rings. The Morgan fingerprint density at radius 1 is 0.600 bits per heavy atom. The predicted molar refractivity (Wildman–Crippen MR) is 98.6 cm³/mol. The number of carbonyl (C=O) groups is 4. The van der Waals surface area contributed by atoms with Crippen molar-refractivity contribution in [3.8, 4) is 23.7 Å². The lowest BCUT2D eigenvalue weighted by Gasteiger charge is -2.14. The number of hydrogen-bond acceptors (Lipinski definition) is 6. The van der Waals surface area contributed by atoms with Crippen molar-refractivity contribution in [1.82, 2.24) is 9.80 Å². The second kappa shape index (κ2) is 6.15. The van der Waals surface area contributed by atoms with E-state index in [1.807, 2.05) is 24.3 Å². The molecule has 8 atom stereocenters. The third-order valence-electron chi connectivity index (χ3n) is 6.72. The molecule has 4 amide bonds. The summed E-state index contributed by atoms with van der Waals surface area (Å²) >= 11 is 0. The molecule has 4 saturated heterocycles. The van der Waals surface area contributed by atoms with Gasteiger partial charge in [-0.05, 0) is 11.8 Å². The van der Waals surface area contributed by atoms with Crippen molar-refractivity contribution >= 4 is 23.6 Å². The van der Waals surface area contributed by atoms with Gasteiger partial charge < -0.3 is 9.47 Å².